The summed E-state index contributed by atoms with van der Waals surface area (Å²) in [5.41, 5.74) is 6.06. The normalized spacial score (nSPS) is 26.6. The quantitative estimate of drug-likeness (QED) is 0.753. The van der Waals surface area contributed by atoms with Crippen molar-refractivity contribution in [3.8, 4) is 0 Å². The Labute approximate surface area is 95.1 Å². The van der Waals surface area contributed by atoms with Crippen molar-refractivity contribution in [1.82, 2.24) is 20.2 Å². The van der Waals surface area contributed by atoms with Crippen LogP contribution in [-0.2, 0) is 18.4 Å². The van der Waals surface area contributed by atoms with E-state index in [9.17, 15) is 0 Å². The first kappa shape index (κ1) is 11.5. The summed E-state index contributed by atoms with van der Waals surface area (Å²) in [6, 6.07) is 0.152. The van der Waals surface area contributed by atoms with Crippen LogP contribution in [0.25, 0.3) is 0 Å². The number of hydrogen-bond acceptors (Lipinski definition) is 5. The molecule has 0 aliphatic heterocycles. The van der Waals surface area contributed by atoms with Crippen molar-refractivity contribution in [1.29, 1.82) is 0 Å². The molecule has 0 aromatic carbocycles. The van der Waals surface area contributed by atoms with E-state index in [1.807, 2.05) is 0 Å². The van der Waals surface area contributed by atoms with Crippen molar-refractivity contribution in [2.75, 3.05) is 0 Å². The maximum atomic E-state index is 6.06. The van der Waals surface area contributed by atoms with E-state index < -0.39 is 0 Å². The maximum absolute atomic E-state index is 6.06. The molecule has 0 radical (unpaired) electrons. The summed E-state index contributed by atoms with van der Waals surface area (Å²) in [7, 11) is 1.74. The minimum absolute atomic E-state index is 0.145. The summed E-state index contributed by atoms with van der Waals surface area (Å²) < 4.78 is 5.77. The predicted octanol–water partition coefficient (Wildman–Crippen LogP) is 0.387. The van der Waals surface area contributed by atoms with Gasteiger partial charge in [0.2, 0.25) is 0 Å². The Bertz CT molecular complexity index is 327. The van der Waals surface area contributed by atoms with Crippen molar-refractivity contribution in [2.45, 2.75) is 50.9 Å². The molecule has 2 rings (SSSR count). The molecule has 6 heteroatoms. The third-order valence-corrected chi connectivity index (χ3v) is 2.98. The molecule has 1 heterocycles. The lowest BCUT2D eigenvalue weighted by Gasteiger charge is -2.20. The zero-order valence-corrected chi connectivity index (χ0v) is 9.67. The van der Waals surface area contributed by atoms with Gasteiger partial charge in [0.05, 0.1) is 13.2 Å². The number of aromatic nitrogens is 4. The molecule has 2 N–H and O–H groups in total. The van der Waals surface area contributed by atoms with Gasteiger partial charge in [-0.15, -0.1) is 10.2 Å². The Morgan fingerprint density at radius 2 is 2.19 bits per heavy atom. The number of aryl methyl sites for hydroxylation is 1. The van der Waals surface area contributed by atoms with Gasteiger partial charge in [-0.05, 0) is 18.1 Å². The first-order valence-electron chi connectivity index (χ1n) is 5.86. The highest BCUT2D eigenvalue weighted by Gasteiger charge is 2.21. The Morgan fingerprint density at radius 3 is 2.94 bits per heavy atom. The van der Waals surface area contributed by atoms with Gasteiger partial charge in [-0.25, -0.2) is 0 Å². The van der Waals surface area contributed by atoms with Crippen molar-refractivity contribution >= 4 is 0 Å². The molecule has 1 aromatic rings. The highest BCUT2D eigenvalue weighted by molar-refractivity contribution is 4.79. The molecule has 1 saturated carbocycles. The Hall–Kier alpha value is -1.01. The molecule has 90 valence electrons. The van der Waals surface area contributed by atoms with Crippen LogP contribution in [-0.4, -0.2) is 32.4 Å². The summed E-state index contributed by atoms with van der Waals surface area (Å²) in [6.45, 7) is 0.409. The monoisotopic (exact) mass is 225 g/mol. The number of hydrogen-bond donors (Lipinski definition) is 1. The second kappa shape index (κ2) is 5.36. The van der Waals surface area contributed by atoms with E-state index in [1.54, 1.807) is 7.05 Å². The maximum Gasteiger partial charge on any atom is 0.200 e. The van der Waals surface area contributed by atoms with Gasteiger partial charge in [-0.1, -0.05) is 19.3 Å². The van der Waals surface area contributed by atoms with Crippen LogP contribution in [0.2, 0.25) is 0 Å². The van der Waals surface area contributed by atoms with Crippen LogP contribution in [0.5, 0.6) is 0 Å². The Kier molecular flexibility index (Phi) is 3.84. The average molecular weight is 225 g/mol. The van der Waals surface area contributed by atoms with E-state index in [0.717, 1.165) is 12.8 Å². The van der Waals surface area contributed by atoms with E-state index in [-0.39, 0.29) is 12.1 Å². The molecule has 0 saturated heterocycles. The van der Waals surface area contributed by atoms with Crippen LogP contribution in [0.1, 0.15) is 37.9 Å². The fourth-order valence-corrected chi connectivity index (χ4v) is 2.07. The number of nitrogens with zero attached hydrogens (tertiary/aromatic N) is 4. The SMILES string of the molecule is Cn1nnc(COC2CCCCCC2N)n1. The summed E-state index contributed by atoms with van der Waals surface area (Å²) >= 11 is 0. The van der Waals surface area contributed by atoms with Crippen molar-refractivity contribution in [3.05, 3.63) is 5.82 Å². The standard InChI is InChI=1S/C10H19N5O/c1-15-13-10(12-14-15)7-16-9-6-4-2-3-5-8(9)11/h8-9H,2-7,11H2,1H3. The lowest BCUT2D eigenvalue weighted by molar-refractivity contribution is 0.0159. The molecule has 0 bridgehead atoms. The Morgan fingerprint density at radius 1 is 1.38 bits per heavy atom. The van der Waals surface area contributed by atoms with Crippen LogP contribution in [0, 0.1) is 0 Å². The van der Waals surface area contributed by atoms with Crippen molar-refractivity contribution in [3.63, 3.8) is 0 Å². The molecule has 2 atom stereocenters. The third kappa shape index (κ3) is 2.99. The first-order valence-corrected chi connectivity index (χ1v) is 5.86. The van der Waals surface area contributed by atoms with E-state index in [0.29, 0.717) is 12.4 Å². The molecule has 6 nitrogen and oxygen atoms in total. The van der Waals surface area contributed by atoms with Crippen LogP contribution >= 0.6 is 0 Å². The van der Waals surface area contributed by atoms with Gasteiger partial charge in [0.1, 0.15) is 6.61 Å². The van der Waals surface area contributed by atoms with Gasteiger partial charge >= 0.3 is 0 Å². The summed E-state index contributed by atoms with van der Waals surface area (Å²) in [6.07, 6.45) is 5.92. The topological polar surface area (TPSA) is 78.8 Å². The molecule has 1 aliphatic carbocycles. The van der Waals surface area contributed by atoms with E-state index >= 15 is 0 Å². The minimum Gasteiger partial charge on any atom is -0.368 e. The zero-order chi connectivity index (χ0) is 11.4. The molecule has 0 spiro atoms. The fraction of sp³-hybridized carbons (Fsp3) is 0.900. The highest BCUT2D eigenvalue weighted by Crippen LogP contribution is 2.19. The second-order valence-corrected chi connectivity index (χ2v) is 4.35. The number of rotatable bonds is 3. The fourth-order valence-electron chi connectivity index (χ4n) is 2.07. The molecule has 1 fully saturated rings. The molecule has 0 amide bonds. The van der Waals surface area contributed by atoms with Gasteiger partial charge in [-0.3, -0.25) is 0 Å². The lowest BCUT2D eigenvalue weighted by Crippen LogP contribution is -2.35. The van der Waals surface area contributed by atoms with Gasteiger partial charge in [0, 0.05) is 6.04 Å². The average Bonchev–Trinajstić information content (AvgIpc) is 2.56. The van der Waals surface area contributed by atoms with Gasteiger partial charge < -0.3 is 10.5 Å². The van der Waals surface area contributed by atoms with E-state index in [2.05, 4.69) is 15.4 Å². The predicted molar refractivity (Wildman–Crippen MR) is 58.4 cm³/mol. The lowest BCUT2D eigenvalue weighted by atomic mass is 10.1. The number of tetrazole rings is 1. The molecule has 1 aliphatic rings. The summed E-state index contributed by atoms with van der Waals surface area (Å²) in [5.74, 6) is 0.624. The molecule has 1 aromatic heterocycles. The second-order valence-electron chi connectivity index (χ2n) is 4.35. The highest BCUT2D eigenvalue weighted by atomic mass is 16.5. The summed E-state index contributed by atoms with van der Waals surface area (Å²) in [4.78, 5) is 1.44. The number of ether oxygens (including phenoxy) is 1. The van der Waals surface area contributed by atoms with E-state index in [4.69, 9.17) is 10.5 Å². The molecule has 2 unspecified atom stereocenters. The van der Waals surface area contributed by atoms with Gasteiger partial charge in [0.15, 0.2) is 5.82 Å². The van der Waals surface area contributed by atoms with Crippen LogP contribution in [0.4, 0.5) is 0 Å². The van der Waals surface area contributed by atoms with Crippen molar-refractivity contribution in [2.24, 2.45) is 12.8 Å². The van der Waals surface area contributed by atoms with Gasteiger partial charge in [0.25, 0.3) is 0 Å². The van der Waals surface area contributed by atoms with Crippen LogP contribution in [0.3, 0.4) is 0 Å². The zero-order valence-electron chi connectivity index (χ0n) is 9.67. The van der Waals surface area contributed by atoms with Crippen LogP contribution < -0.4 is 5.73 Å². The minimum atomic E-state index is 0.145. The molecule has 16 heavy (non-hydrogen) atoms. The number of nitrogens with two attached hydrogens (primary N) is 1. The molecular weight excluding hydrogens is 206 g/mol. The molecular formula is C10H19N5O. The van der Waals surface area contributed by atoms with Crippen molar-refractivity contribution < 1.29 is 4.74 Å². The van der Waals surface area contributed by atoms with E-state index in [1.165, 1.54) is 24.1 Å². The van der Waals surface area contributed by atoms with Gasteiger partial charge in [-0.2, -0.15) is 4.80 Å². The van der Waals surface area contributed by atoms with Crippen LogP contribution in [0.15, 0.2) is 0 Å². The first-order chi connectivity index (χ1) is 7.75. The smallest absolute Gasteiger partial charge is 0.200 e. The largest absolute Gasteiger partial charge is 0.368 e. The third-order valence-electron chi connectivity index (χ3n) is 2.98. The summed E-state index contributed by atoms with van der Waals surface area (Å²) in [5, 5.41) is 11.7. The Balaban J connectivity index is 1.83.